The van der Waals surface area contributed by atoms with Gasteiger partial charge in [-0.05, 0) is 165 Å². The summed E-state index contributed by atoms with van der Waals surface area (Å²) in [6, 6.07) is 39.3. The molecule has 2 amide bonds. The number of rotatable bonds is 35. The predicted molar refractivity (Wildman–Crippen MR) is 456 cm³/mol. The van der Waals surface area contributed by atoms with E-state index in [1.54, 1.807) is 78.1 Å². The predicted octanol–water partition coefficient (Wildman–Crippen LogP) is 12.8. The molecule has 0 fully saturated rings. The van der Waals surface area contributed by atoms with Crippen LogP contribution in [0.1, 0.15) is 173 Å². The van der Waals surface area contributed by atoms with E-state index in [0.717, 1.165) is 45.5 Å². The zero-order valence-electron chi connectivity index (χ0n) is 70.4. The molecule has 9 N–H and O–H groups in total. The lowest BCUT2D eigenvalue weighted by atomic mass is 10.0. The van der Waals surface area contributed by atoms with Gasteiger partial charge in [0.25, 0.3) is 11.8 Å². The van der Waals surface area contributed by atoms with E-state index in [2.05, 4.69) is 47.3 Å². The summed E-state index contributed by atoms with van der Waals surface area (Å²) in [7, 11) is 0. The van der Waals surface area contributed by atoms with Crippen LogP contribution in [-0.2, 0) is 53.1 Å². The molecule has 672 valence electrons. The highest BCUT2D eigenvalue weighted by Crippen LogP contribution is 2.34. The largest absolute Gasteiger partial charge is 0.502 e. The van der Waals surface area contributed by atoms with Crippen LogP contribution >= 0.6 is 0 Å². The molecule has 3 atom stereocenters. The van der Waals surface area contributed by atoms with Gasteiger partial charge >= 0.3 is 23.9 Å². The van der Waals surface area contributed by atoms with Crippen LogP contribution in [-0.4, -0.2) is 179 Å². The van der Waals surface area contributed by atoms with Crippen molar-refractivity contribution in [2.24, 2.45) is 5.73 Å². The lowest BCUT2D eigenvalue weighted by Crippen LogP contribution is -2.37. The minimum absolute atomic E-state index is 0. The third-order valence-corrected chi connectivity index (χ3v) is 18.5. The van der Waals surface area contributed by atoms with Gasteiger partial charge in [-0.25, -0.2) is 52.1 Å². The maximum atomic E-state index is 13.6. The molecule has 30 nitrogen and oxygen atoms in total. The second-order valence-corrected chi connectivity index (χ2v) is 29.0. The molecule has 1 aliphatic rings. The van der Waals surface area contributed by atoms with Crippen LogP contribution in [0.15, 0.2) is 146 Å². The number of nitriles is 2. The first-order valence-electron chi connectivity index (χ1n) is 40.2. The number of carbonyl (C=O) groups is 6. The highest BCUT2D eigenvalue weighted by atomic mass is 19.2. The van der Waals surface area contributed by atoms with E-state index in [9.17, 15) is 76.6 Å². The van der Waals surface area contributed by atoms with Gasteiger partial charge in [-0.1, -0.05) is 80.2 Å². The van der Waals surface area contributed by atoms with Gasteiger partial charge in [0.15, 0.2) is 0 Å². The Morgan fingerprint density at radius 2 is 0.921 bits per heavy atom. The quantitative estimate of drug-likeness (QED) is 0.00348. The van der Waals surface area contributed by atoms with Crippen molar-refractivity contribution in [1.82, 2.24) is 39.3 Å². The van der Waals surface area contributed by atoms with Gasteiger partial charge in [-0.2, -0.15) is 19.3 Å². The summed E-state index contributed by atoms with van der Waals surface area (Å²) in [6.07, 6.45) is 7.77. The fourth-order valence-corrected chi connectivity index (χ4v) is 12.6. The number of aromatic nitrogens is 6. The Bertz CT molecular complexity index is 5520. The smallest absolute Gasteiger partial charge is 0.374 e. The monoisotopic (exact) mass is 1760 g/mol. The number of nitrogens with zero attached hydrogens (tertiary/aromatic N) is 9. The van der Waals surface area contributed by atoms with Gasteiger partial charge in [0, 0.05) is 103 Å². The Morgan fingerprint density at radius 1 is 0.528 bits per heavy atom. The fraction of sp³-hybridized carbons (Fsp3) is 0.348. The Balaban J connectivity index is 0.000000236. The Kier molecular flexibility index (Phi) is 38.8. The first-order valence-corrected chi connectivity index (χ1v) is 40.2. The Labute approximate surface area is 730 Å². The molecule has 35 heteroatoms. The normalized spacial score (nSPS) is 11.9. The van der Waals surface area contributed by atoms with Crippen molar-refractivity contribution in [2.45, 2.75) is 157 Å². The summed E-state index contributed by atoms with van der Waals surface area (Å²) in [5, 5.41) is 71.3. The molecule has 127 heavy (non-hydrogen) atoms. The number of nitrogens with two attached hydrogens (primary N) is 1. The minimum Gasteiger partial charge on any atom is -0.502 e. The number of imidazole rings is 3. The summed E-state index contributed by atoms with van der Waals surface area (Å²) in [5.41, 5.74) is 14.1. The molecular weight excluding hydrogens is 1660 g/mol. The molecule has 1 aliphatic heterocycles. The van der Waals surface area contributed by atoms with Crippen LogP contribution < -0.4 is 35.3 Å². The van der Waals surface area contributed by atoms with Crippen LogP contribution in [0, 0.1) is 58.3 Å². The number of hydrogen-bond donors (Lipinski definition) is 8. The van der Waals surface area contributed by atoms with Gasteiger partial charge in [0.2, 0.25) is 58.0 Å². The number of ether oxygens (including phenoxy) is 7. The number of fused-ring (bicyclic) bond motifs is 1. The number of aliphatic hydroxyl groups is 5. The van der Waals surface area contributed by atoms with Crippen LogP contribution in [0.2, 0.25) is 0 Å². The lowest BCUT2D eigenvalue weighted by molar-refractivity contribution is 0.0410. The van der Waals surface area contributed by atoms with E-state index in [1.165, 1.54) is 18.2 Å². The third-order valence-electron chi connectivity index (χ3n) is 18.5. The number of carbonyl (C=O) groups excluding carboxylic acids is 6. The molecule has 11 rings (SSSR count). The average molecular weight is 1760 g/mol. The molecule has 4 heterocycles. The number of benzene rings is 7. The second kappa shape index (κ2) is 49.1. The molecule has 0 saturated carbocycles. The number of esters is 4. The first-order chi connectivity index (χ1) is 60.4. The summed E-state index contributed by atoms with van der Waals surface area (Å²) >= 11 is 0. The number of amides is 2. The first kappa shape index (κ1) is 100. The van der Waals surface area contributed by atoms with E-state index in [0.29, 0.717) is 103 Å². The Hall–Kier alpha value is -13.7. The van der Waals surface area contributed by atoms with E-state index in [-0.39, 0.29) is 149 Å². The number of aliphatic hydroxyl groups excluding tert-OH is 5. The van der Waals surface area contributed by atoms with Gasteiger partial charge in [-0.15, -0.1) is 0 Å². The van der Waals surface area contributed by atoms with Gasteiger partial charge < -0.3 is 88.8 Å². The molecular formula is C92H101F5N12O18. The van der Waals surface area contributed by atoms with Crippen LogP contribution in [0.3, 0.4) is 0 Å². The molecule has 10 aromatic rings. The molecule has 0 saturated heterocycles. The number of hydrogen-bond acceptors (Lipinski definition) is 24. The summed E-state index contributed by atoms with van der Waals surface area (Å²) in [6.45, 7) is 22.9. The minimum atomic E-state index is -2.37. The lowest BCUT2D eigenvalue weighted by Gasteiger charge is -2.19. The SMILES string of the molecule is C.CC(C)Oc1ccc(C(=O)N[C@H](CCO)Cc2ccc(-c3cn4c(n3)C(=O)OCC4)cc2)cc1C#N.CCOC(=O)c1nc(-c2ccc(C[C@@H](CCO)NC(=O)c3ccc(OC(C)C)c(C#N)c3)cc2)cn1CCO.CCOC(=O)c1nc(-c2ccc(C[C@H](N)CCO)cc2)cn1CCO.[C-]#[N+]c1cc(C(=O)Oc2c(F)c(F)c(F)c(F)c2F)ccc1OC(C)C. The van der Waals surface area contributed by atoms with Gasteiger partial charge in [0.1, 0.15) is 36.0 Å². The molecule has 7 aromatic carbocycles. The highest BCUT2D eigenvalue weighted by Gasteiger charge is 2.31. The zero-order chi connectivity index (χ0) is 91.8. The highest BCUT2D eigenvalue weighted by molar-refractivity contribution is 5.96. The van der Waals surface area contributed by atoms with E-state index < -0.39 is 58.7 Å². The number of nitrogens with one attached hydrogen (secondary N) is 2. The summed E-state index contributed by atoms with van der Waals surface area (Å²) < 4.78 is 107. The van der Waals surface area contributed by atoms with Crippen molar-refractivity contribution in [3.8, 4) is 68.9 Å². The van der Waals surface area contributed by atoms with Crippen molar-refractivity contribution in [3.05, 3.63) is 248 Å². The van der Waals surface area contributed by atoms with Crippen molar-refractivity contribution in [1.29, 1.82) is 10.5 Å². The van der Waals surface area contributed by atoms with Crippen molar-refractivity contribution >= 4 is 41.4 Å². The van der Waals surface area contributed by atoms with E-state index >= 15 is 0 Å². The molecule has 0 radical (unpaired) electrons. The Morgan fingerprint density at radius 3 is 1.31 bits per heavy atom. The molecule has 0 spiro atoms. The topological polar surface area (TPSA) is 424 Å². The molecule has 0 aliphatic carbocycles. The van der Waals surface area contributed by atoms with Crippen molar-refractivity contribution < 1.29 is 109 Å². The summed E-state index contributed by atoms with van der Waals surface area (Å²) in [4.78, 5) is 90.2. The second-order valence-electron chi connectivity index (χ2n) is 29.0. The van der Waals surface area contributed by atoms with Crippen LogP contribution in [0.5, 0.6) is 23.0 Å². The van der Waals surface area contributed by atoms with Crippen molar-refractivity contribution in [3.63, 3.8) is 0 Å². The average Bonchev–Trinajstić information content (AvgIpc) is 1.70. The number of halogens is 5. The molecule has 3 aromatic heterocycles. The number of cyclic esters (lactones) is 1. The zero-order valence-corrected chi connectivity index (χ0v) is 70.4. The van der Waals surface area contributed by atoms with E-state index in [4.69, 9.17) is 50.9 Å². The van der Waals surface area contributed by atoms with Crippen LogP contribution in [0.25, 0.3) is 38.6 Å². The standard InChI is InChI=1S/C29H34N4O6.C27H28N4O5.C18H25N3O4.C17H10F5NO3.CH4/c1-4-38-29(37)27-32-25(18-33(27)12-14-35)21-7-5-20(6-8-21)15-24(11-13-34)31-28(36)22-9-10-26(39-19(2)3)23(16-22)17-30;1-17(2)36-24-8-7-20(14-21(24)15-28)26(33)29-22(9-11-32)13-18-3-5-19(6-4-18)23-16-31-10-12-35-27(34)25(31)30-23;1-2-25-18(24)17-20-16(12-21(17)8-10-23)14-5-3-13(4-6-14)11-15(19)7-9-22;1-7(2)25-10-5-4-8(6-9(10)23-3)17(24)26-16-14(21)12(19)11(18)13(20)15(16)22;/h5-10,16,18-19,24,34-35H,4,11-15H2,1-3H3,(H,31,36);3-8,14,16-17,22,32H,9-13H2,1-2H3,(H,29,33);3-6,12,15,22-23H,2,7-11,19H2,1H3;4-7H,1-2H3;1H4/t24-;22-;15-;;/m111../s1. The fourth-order valence-electron chi connectivity index (χ4n) is 12.6. The van der Waals surface area contributed by atoms with Gasteiger partial charge in [-0.3, -0.25) is 9.59 Å². The molecule has 0 unspecified atom stereocenters. The summed E-state index contributed by atoms with van der Waals surface area (Å²) in [5.74, 6) is -15.1. The maximum Gasteiger partial charge on any atom is 0.374 e. The van der Waals surface area contributed by atoms with Crippen LogP contribution in [0.4, 0.5) is 27.6 Å². The van der Waals surface area contributed by atoms with Gasteiger partial charge in [0.05, 0.1) is 86.1 Å². The third kappa shape index (κ3) is 28.1. The maximum absolute atomic E-state index is 13.6. The van der Waals surface area contributed by atoms with E-state index in [1.807, 2.05) is 107 Å². The molecule has 0 bridgehead atoms. The van der Waals surface area contributed by atoms with Crippen molar-refractivity contribution in [2.75, 3.05) is 52.9 Å².